The third-order valence-corrected chi connectivity index (χ3v) is 8.74. The number of carbonyl (C=O) groups excluding carboxylic acids is 1. The number of hydrogen-bond donors (Lipinski definition) is 0. The van der Waals surface area contributed by atoms with Gasteiger partial charge in [0.05, 0.1) is 5.41 Å². The molecule has 35 heavy (non-hydrogen) atoms. The maximum Gasteiger partial charge on any atom is 0.229 e. The molecule has 1 amide bonds. The summed E-state index contributed by atoms with van der Waals surface area (Å²) in [4.78, 5) is 20.8. The summed E-state index contributed by atoms with van der Waals surface area (Å²) in [5, 5.41) is 2.48. The fourth-order valence-electron chi connectivity index (χ4n) is 6.96. The molecule has 5 heteroatoms. The van der Waals surface area contributed by atoms with Crippen molar-refractivity contribution in [1.29, 1.82) is 0 Å². The molecule has 2 bridgehead atoms. The second-order valence-corrected chi connectivity index (χ2v) is 10.8. The van der Waals surface area contributed by atoms with E-state index in [1.54, 1.807) is 6.07 Å². The molecule has 182 valence electrons. The van der Waals surface area contributed by atoms with Gasteiger partial charge in [0.15, 0.2) is 0 Å². The van der Waals surface area contributed by atoms with Crippen molar-refractivity contribution in [2.24, 2.45) is 11.3 Å². The summed E-state index contributed by atoms with van der Waals surface area (Å²) in [6, 6.07) is 16.1. The highest BCUT2D eigenvalue weighted by atomic mass is 19.1. The van der Waals surface area contributed by atoms with Crippen LogP contribution in [0.3, 0.4) is 0 Å². The molecule has 2 atom stereocenters. The highest BCUT2D eigenvalue weighted by Crippen LogP contribution is 2.45. The zero-order chi connectivity index (χ0) is 23.8. The molecule has 3 fully saturated rings. The van der Waals surface area contributed by atoms with Crippen LogP contribution in [0, 0.1) is 17.2 Å². The maximum absolute atomic E-state index is 14.6. The molecule has 3 saturated heterocycles. The number of nitrogens with zero attached hydrogens (tertiary/aromatic N) is 2. The first-order chi connectivity index (χ1) is 17.1. The van der Waals surface area contributed by atoms with Gasteiger partial charge in [-0.05, 0) is 85.9 Å². The van der Waals surface area contributed by atoms with Gasteiger partial charge in [-0.25, -0.2) is 4.39 Å². The number of benzene rings is 2. The molecule has 2 aromatic carbocycles. The number of rotatable bonds is 5. The Balaban J connectivity index is 1.22. The molecular formula is C30H33FN2O2. The van der Waals surface area contributed by atoms with Crippen LogP contribution in [0.25, 0.3) is 10.8 Å². The van der Waals surface area contributed by atoms with Gasteiger partial charge in [0.25, 0.3) is 0 Å². The normalized spacial score (nSPS) is 25.6. The lowest BCUT2D eigenvalue weighted by atomic mass is 9.72. The molecule has 1 aromatic heterocycles. The van der Waals surface area contributed by atoms with Crippen molar-refractivity contribution >= 4 is 16.7 Å². The van der Waals surface area contributed by atoms with Gasteiger partial charge in [-0.3, -0.25) is 9.78 Å². The molecule has 3 aliphatic heterocycles. The molecule has 3 aliphatic rings. The summed E-state index contributed by atoms with van der Waals surface area (Å²) in [6.07, 6.45) is 10.9. The van der Waals surface area contributed by atoms with Crippen molar-refractivity contribution in [3.05, 3.63) is 77.9 Å². The Kier molecular flexibility index (Phi) is 6.05. The van der Waals surface area contributed by atoms with Gasteiger partial charge in [0, 0.05) is 43.1 Å². The molecular weight excluding hydrogens is 439 g/mol. The van der Waals surface area contributed by atoms with Crippen molar-refractivity contribution in [2.75, 3.05) is 13.2 Å². The largest absolute Gasteiger partial charge is 0.381 e. The first kappa shape index (κ1) is 22.7. The van der Waals surface area contributed by atoms with Crippen molar-refractivity contribution in [3.63, 3.8) is 0 Å². The predicted molar refractivity (Wildman–Crippen MR) is 134 cm³/mol. The fourth-order valence-corrected chi connectivity index (χ4v) is 6.96. The number of aromatic nitrogens is 1. The molecule has 3 aromatic rings. The standard InChI is InChI=1S/C30H33FN2O2/c31-28-7-2-1-4-24(28)19-30(11-14-35-15-12-30)29(34)33-25-8-9-26(33)18-21(17-25)16-23-6-3-5-22-10-13-32-20-27(22)23/h1-7,10,13,20-21,25-26H,8-9,11-12,14-19H2/t25-,26-/m0/s1. The summed E-state index contributed by atoms with van der Waals surface area (Å²) in [5.74, 6) is 0.598. The van der Waals surface area contributed by atoms with Gasteiger partial charge in [-0.15, -0.1) is 0 Å². The van der Waals surface area contributed by atoms with Crippen LogP contribution in [0.2, 0.25) is 0 Å². The van der Waals surface area contributed by atoms with E-state index in [-0.39, 0.29) is 11.7 Å². The van der Waals surface area contributed by atoms with Crippen LogP contribution >= 0.6 is 0 Å². The Morgan fingerprint density at radius 3 is 2.51 bits per heavy atom. The van der Waals surface area contributed by atoms with E-state index in [9.17, 15) is 9.18 Å². The Morgan fingerprint density at radius 2 is 1.74 bits per heavy atom. The van der Waals surface area contributed by atoms with E-state index in [2.05, 4.69) is 34.1 Å². The molecule has 0 unspecified atom stereocenters. The van der Waals surface area contributed by atoms with Gasteiger partial charge < -0.3 is 9.64 Å². The molecule has 4 nitrogen and oxygen atoms in total. The van der Waals surface area contributed by atoms with E-state index in [0.29, 0.717) is 56.0 Å². The minimum Gasteiger partial charge on any atom is -0.381 e. The molecule has 0 saturated carbocycles. The Hall–Kier alpha value is -2.79. The van der Waals surface area contributed by atoms with Crippen LogP contribution in [0.1, 0.15) is 49.7 Å². The van der Waals surface area contributed by atoms with Gasteiger partial charge in [-0.1, -0.05) is 36.4 Å². The number of fused-ring (bicyclic) bond motifs is 3. The van der Waals surface area contributed by atoms with Crippen LogP contribution < -0.4 is 0 Å². The van der Waals surface area contributed by atoms with Crippen molar-refractivity contribution in [3.8, 4) is 0 Å². The molecule has 0 N–H and O–H groups in total. The molecule has 0 spiro atoms. The Bertz CT molecular complexity index is 1200. The van der Waals surface area contributed by atoms with Crippen molar-refractivity contribution < 1.29 is 13.9 Å². The zero-order valence-electron chi connectivity index (χ0n) is 20.2. The first-order valence-corrected chi connectivity index (χ1v) is 13.1. The lowest BCUT2D eigenvalue weighted by Gasteiger charge is -2.46. The van der Waals surface area contributed by atoms with E-state index < -0.39 is 5.41 Å². The highest BCUT2D eigenvalue weighted by molar-refractivity contribution is 5.85. The lowest BCUT2D eigenvalue weighted by Crippen LogP contribution is -2.55. The predicted octanol–water partition coefficient (Wildman–Crippen LogP) is 5.73. The van der Waals surface area contributed by atoms with Crippen LogP contribution in [-0.2, 0) is 22.4 Å². The second-order valence-electron chi connectivity index (χ2n) is 10.8. The average Bonchev–Trinajstić information content (AvgIpc) is 3.15. The number of amides is 1. The summed E-state index contributed by atoms with van der Waals surface area (Å²) >= 11 is 0. The molecule has 0 aliphatic carbocycles. The summed E-state index contributed by atoms with van der Waals surface area (Å²) in [5.41, 5.74) is 1.45. The summed E-state index contributed by atoms with van der Waals surface area (Å²) in [7, 11) is 0. The highest BCUT2D eigenvalue weighted by Gasteiger charge is 2.50. The molecule has 0 radical (unpaired) electrons. The van der Waals surface area contributed by atoms with Crippen LogP contribution in [0.15, 0.2) is 60.9 Å². The van der Waals surface area contributed by atoms with Crippen LogP contribution in [0.5, 0.6) is 0 Å². The monoisotopic (exact) mass is 472 g/mol. The minimum atomic E-state index is -0.560. The Labute approximate surface area is 206 Å². The third-order valence-electron chi connectivity index (χ3n) is 8.74. The summed E-state index contributed by atoms with van der Waals surface area (Å²) in [6.45, 7) is 1.14. The van der Waals surface area contributed by atoms with Crippen molar-refractivity contribution in [2.45, 2.75) is 63.5 Å². The number of halogens is 1. The first-order valence-electron chi connectivity index (χ1n) is 13.1. The number of carbonyl (C=O) groups is 1. The van der Waals surface area contributed by atoms with Crippen molar-refractivity contribution in [1.82, 2.24) is 9.88 Å². The van der Waals surface area contributed by atoms with E-state index in [4.69, 9.17) is 4.74 Å². The average molecular weight is 473 g/mol. The minimum absolute atomic E-state index is 0.211. The summed E-state index contributed by atoms with van der Waals surface area (Å²) < 4.78 is 20.2. The quantitative estimate of drug-likeness (QED) is 0.477. The Morgan fingerprint density at radius 1 is 1.00 bits per heavy atom. The van der Waals surface area contributed by atoms with E-state index in [1.165, 1.54) is 22.4 Å². The van der Waals surface area contributed by atoms with E-state index in [0.717, 1.165) is 32.1 Å². The SMILES string of the molecule is O=C(N1[C@H]2CC[C@H]1CC(Cc1cccc3ccncc13)C2)C1(Cc2ccccc2F)CCOCC1. The smallest absolute Gasteiger partial charge is 0.229 e. The van der Waals surface area contributed by atoms with Gasteiger partial charge >= 0.3 is 0 Å². The van der Waals surface area contributed by atoms with E-state index >= 15 is 0 Å². The third kappa shape index (κ3) is 4.24. The van der Waals surface area contributed by atoms with Gasteiger partial charge in [0.2, 0.25) is 5.91 Å². The number of ether oxygens (including phenoxy) is 1. The number of hydrogen-bond acceptors (Lipinski definition) is 3. The van der Waals surface area contributed by atoms with Gasteiger partial charge in [-0.2, -0.15) is 0 Å². The molecule has 4 heterocycles. The topological polar surface area (TPSA) is 42.4 Å². The van der Waals surface area contributed by atoms with Crippen LogP contribution in [-0.4, -0.2) is 41.1 Å². The zero-order valence-corrected chi connectivity index (χ0v) is 20.2. The maximum atomic E-state index is 14.6. The second kappa shape index (κ2) is 9.34. The number of pyridine rings is 1. The van der Waals surface area contributed by atoms with E-state index in [1.807, 2.05) is 24.5 Å². The number of piperidine rings is 1. The molecule has 6 rings (SSSR count). The van der Waals surface area contributed by atoms with Gasteiger partial charge in [0.1, 0.15) is 5.82 Å². The lowest BCUT2D eigenvalue weighted by molar-refractivity contribution is -0.153. The fraction of sp³-hybridized carbons (Fsp3) is 0.467. The van der Waals surface area contributed by atoms with Crippen LogP contribution in [0.4, 0.5) is 4.39 Å².